The van der Waals surface area contributed by atoms with Gasteiger partial charge in [0.2, 0.25) is 5.95 Å². The Morgan fingerprint density at radius 3 is 2.94 bits per heavy atom. The molecule has 0 aliphatic rings. The van der Waals surface area contributed by atoms with Gasteiger partial charge in [-0.1, -0.05) is 6.07 Å². The van der Waals surface area contributed by atoms with Gasteiger partial charge in [0.15, 0.2) is 6.29 Å². The summed E-state index contributed by atoms with van der Waals surface area (Å²) in [6.07, 6.45) is 4.27. The predicted octanol–water partition coefficient (Wildman–Crippen LogP) is 2.81. The molecule has 0 saturated heterocycles. The van der Waals surface area contributed by atoms with Crippen molar-refractivity contribution in [2.24, 2.45) is 0 Å². The average molecular weight is 255 g/mol. The zero-order valence-corrected chi connectivity index (χ0v) is 10.2. The van der Waals surface area contributed by atoms with E-state index in [1.165, 1.54) is 0 Å². The van der Waals surface area contributed by atoms with E-state index in [0.717, 1.165) is 16.9 Å². The number of aromatic nitrogens is 3. The quantitative estimate of drug-likeness (QED) is 0.676. The Balaban J connectivity index is 2.09. The first-order valence-corrected chi connectivity index (χ1v) is 6.26. The molecule has 0 amide bonds. The molecular formula is C13H9N3OS. The highest BCUT2D eigenvalue weighted by Gasteiger charge is 2.07. The van der Waals surface area contributed by atoms with Crippen LogP contribution in [0.1, 0.15) is 10.5 Å². The van der Waals surface area contributed by atoms with Crippen molar-refractivity contribution in [1.82, 2.24) is 14.5 Å². The van der Waals surface area contributed by atoms with Crippen LogP contribution in [0, 0.1) is 0 Å². The van der Waals surface area contributed by atoms with Gasteiger partial charge in [0.25, 0.3) is 0 Å². The third-order valence-electron chi connectivity index (χ3n) is 2.53. The standard InChI is InChI=1S/C13H9N3OS/c17-9-10-3-1-7-16(10)13-14-6-5-11(15-13)12-4-2-8-18-12/h1-9H. The minimum absolute atomic E-state index is 0.507. The van der Waals surface area contributed by atoms with Crippen LogP contribution in [-0.2, 0) is 0 Å². The van der Waals surface area contributed by atoms with Crippen molar-refractivity contribution in [2.75, 3.05) is 0 Å². The molecule has 3 aromatic rings. The summed E-state index contributed by atoms with van der Waals surface area (Å²) in [5.41, 5.74) is 1.40. The molecule has 4 nitrogen and oxygen atoms in total. The van der Waals surface area contributed by atoms with Gasteiger partial charge in [-0.2, -0.15) is 0 Å². The Hall–Kier alpha value is -2.27. The van der Waals surface area contributed by atoms with Gasteiger partial charge in [0, 0.05) is 12.4 Å². The second kappa shape index (κ2) is 4.54. The maximum atomic E-state index is 10.9. The molecule has 5 heteroatoms. The smallest absolute Gasteiger partial charge is 0.234 e. The minimum atomic E-state index is 0.507. The van der Waals surface area contributed by atoms with Crippen molar-refractivity contribution >= 4 is 17.6 Å². The van der Waals surface area contributed by atoms with E-state index in [-0.39, 0.29) is 0 Å². The molecule has 0 aliphatic heterocycles. The second-order valence-corrected chi connectivity index (χ2v) is 4.59. The summed E-state index contributed by atoms with van der Waals surface area (Å²) < 4.78 is 1.67. The SMILES string of the molecule is O=Cc1cccn1-c1nccc(-c2cccs2)n1. The van der Waals surface area contributed by atoms with Crippen molar-refractivity contribution in [2.45, 2.75) is 0 Å². The first-order chi connectivity index (χ1) is 8.88. The van der Waals surface area contributed by atoms with Gasteiger partial charge in [-0.05, 0) is 29.6 Å². The molecule has 0 saturated carbocycles. The molecule has 3 aromatic heterocycles. The van der Waals surface area contributed by atoms with E-state index >= 15 is 0 Å². The predicted molar refractivity (Wildman–Crippen MR) is 70.1 cm³/mol. The Morgan fingerprint density at radius 1 is 1.22 bits per heavy atom. The Kier molecular flexibility index (Phi) is 2.74. The molecule has 0 fully saturated rings. The molecule has 88 valence electrons. The van der Waals surface area contributed by atoms with Crippen molar-refractivity contribution in [3.05, 3.63) is 53.8 Å². The highest BCUT2D eigenvalue weighted by atomic mass is 32.1. The number of rotatable bonds is 3. The third kappa shape index (κ3) is 1.84. The van der Waals surface area contributed by atoms with Gasteiger partial charge in [-0.15, -0.1) is 11.3 Å². The summed E-state index contributed by atoms with van der Waals surface area (Å²) in [6.45, 7) is 0. The molecule has 0 atom stereocenters. The van der Waals surface area contributed by atoms with Crippen LogP contribution in [0.2, 0.25) is 0 Å². The van der Waals surface area contributed by atoms with Gasteiger partial charge >= 0.3 is 0 Å². The molecular weight excluding hydrogens is 246 g/mol. The van der Waals surface area contributed by atoms with Crippen LogP contribution in [0.3, 0.4) is 0 Å². The molecule has 0 aromatic carbocycles. The fourth-order valence-corrected chi connectivity index (χ4v) is 2.39. The molecule has 0 bridgehead atoms. The van der Waals surface area contributed by atoms with Gasteiger partial charge in [0.05, 0.1) is 16.3 Å². The van der Waals surface area contributed by atoms with E-state index < -0.39 is 0 Å². The van der Waals surface area contributed by atoms with Crippen LogP contribution in [0.5, 0.6) is 0 Å². The molecule has 0 radical (unpaired) electrons. The van der Waals surface area contributed by atoms with Crippen LogP contribution in [0.25, 0.3) is 16.5 Å². The summed E-state index contributed by atoms with van der Waals surface area (Å²) in [4.78, 5) is 20.7. The minimum Gasteiger partial charge on any atom is -0.296 e. The lowest BCUT2D eigenvalue weighted by molar-refractivity contribution is 0.111. The molecule has 3 rings (SSSR count). The highest BCUT2D eigenvalue weighted by Crippen LogP contribution is 2.22. The Labute approximate surface area is 108 Å². The van der Waals surface area contributed by atoms with E-state index in [1.54, 1.807) is 40.4 Å². The van der Waals surface area contributed by atoms with Crippen LogP contribution >= 0.6 is 11.3 Å². The zero-order chi connectivity index (χ0) is 12.4. The number of carbonyl (C=O) groups excluding carboxylic acids is 1. The van der Waals surface area contributed by atoms with E-state index in [2.05, 4.69) is 9.97 Å². The van der Waals surface area contributed by atoms with E-state index in [9.17, 15) is 4.79 Å². The van der Waals surface area contributed by atoms with Crippen LogP contribution < -0.4 is 0 Å². The fourth-order valence-electron chi connectivity index (χ4n) is 1.70. The monoisotopic (exact) mass is 255 g/mol. The number of aldehydes is 1. The lowest BCUT2D eigenvalue weighted by atomic mass is 10.3. The Bertz CT molecular complexity index is 673. The molecule has 0 spiro atoms. The van der Waals surface area contributed by atoms with Crippen molar-refractivity contribution in [1.29, 1.82) is 0 Å². The van der Waals surface area contributed by atoms with Gasteiger partial charge in [-0.3, -0.25) is 9.36 Å². The van der Waals surface area contributed by atoms with Crippen molar-refractivity contribution < 1.29 is 4.79 Å². The van der Waals surface area contributed by atoms with E-state index in [1.807, 2.05) is 23.6 Å². The van der Waals surface area contributed by atoms with Crippen molar-refractivity contribution in [3.8, 4) is 16.5 Å². The number of hydrogen-bond acceptors (Lipinski definition) is 4. The number of nitrogens with zero attached hydrogens (tertiary/aromatic N) is 3. The average Bonchev–Trinajstić information content (AvgIpc) is 3.10. The zero-order valence-electron chi connectivity index (χ0n) is 9.35. The normalized spacial score (nSPS) is 10.4. The number of hydrogen-bond donors (Lipinski definition) is 0. The van der Waals surface area contributed by atoms with E-state index in [4.69, 9.17) is 0 Å². The third-order valence-corrected chi connectivity index (χ3v) is 3.43. The van der Waals surface area contributed by atoms with Crippen LogP contribution in [0.15, 0.2) is 48.1 Å². The maximum Gasteiger partial charge on any atom is 0.234 e. The largest absolute Gasteiger partial charge is 0.296 e. The Morgan fingerprint density at radius 2 is 2.17 bits per heavy atom. The maximum absolute atomic E-state index is 10.9. The second-order valence-electron chi connectivity index (χ2n) is 3.64. The van der Waals surface area contributed by atoms with Crippen molar-refractivity contribution in [3.63, 3.8) is 0 Å². The summed E-state index contributed by atoms with van der Waals surface area (Å²) in [7, 11) is 0. The lowest BCUT2D eigenvalue weighted by Crippen LogP contribution is -2.03. The van der Waals surface area contributed by atoms with Gasteiger partial charge < -0.3 is 0 Å². The molecule has 18 heavy (non-hydrogen) atoms. The molecule has 0 aliphatic carbocycles. The van der Waals surface area contributed by atoms with Gasteiger partial charge in [-0.25, -0.2) is 9.97 Å². The summed E-state index contributed by atoms with van der Waals surface area (Å²) in [5, 5.41) is 2.00. The van der Waals surface area contributed by atoms with Crippen LogP contribution in [0.4, 0.5) is 0 Å². The molecule has 0 unspecified atom stereocenters. The lowest BCUT2D eigenvalue weighted by Gasteiger charge is -2.04. The summed E-state index contributed by atoms with van der Waals surface area (Å²) in [5.74, 6) is 0.507. The number of thiophene rings is 1. The highest BCUT2D eigenvalue weighted by molar-refractivity contribution is 7.13. The molecule has 3 heterocycles. The van der Waals surface area contributed by atoms with E-state index in [0.29, 0.717) is 11.6 Å². The molecule has 0 N–H and O–H groups in total. The topological polar surface area (TPSA) is 47.8 Å². The van der Waals surface area contributed by atoms with Gasteiger partial charge in [0.1, 0.15) is 0 Å². The first kappa shape index (κ1) is 10.9. The number of carbonyl (C=O) groups is 1. The first-order valence-electron chi connectivity index (χ1n) is 5.38. The summed E-state index contributed by atoms with van der Waals surface area (Å²) >= 11 is 1.62. The summed E-state index contributed by atoms with van der Waals surface area (Å²) in [6, 6.07) is 9.37. The fraction of sp³-hybridized carbons (Fsp3) is 0. The van der Waals surface area contributed by atoms with Crippen LogP contribution in [-0.4, -0.2) is 20.8 Å².